The van der Waals surface area contributed by atoms with Crippen LogP contribution < -0.4 is 0 Å². The van der Waals surface area contributed by atoms with E-state index in [1.807, 2.05) is 0 Å². The van der Waals surface area contributed by atoms with Crippen molar-refractivity contribution in [3.63, 3.8) is 0 Å². The SMILES string of the molecule is CC(=N)OC(=N)c1ccc(-c2cccc3c2C(=O)N(C(C(C)(C)O)C(C)(F)F)C3)cc1. The Morgan fingerprint density at radius 3 is 2.26 bits per heavy atom. The van der Waals surface area contributed by atoms with Gasteiger partial charge in [0.2, 0.25) is 5.90 Å². The number of nitrogens with zero attached hydrogens (tertiary/aromatic N) is 1. The number of ether oxygens (including phenoxy) is 1. The molecule has 3 rings (SSSR count). The summed E-state index contributed by atoms with van der Waals surface area (Å²) in [7, 11) is 0. The number of fused-ring (bicyclic) bond motifs is 1. The molecule has 0 spiro atoms. The fourth-order valence-electron chi connectivity index (χ4n) is 4.12. The molecule has 31 heavy (non-hydrogen) atoms. The minimum Gasteiger partial charge on any atom is -0.426 e. The van der Waals surface area contributed by atoms with Gasteiger partial charge in [0.1, 0.15) is 6.04 Å². The van der Waals surface area contributed by atoms with Crippen molar-refractivity contribution in [3.8, 4) is 11.1 Å². The maximum absolute atomic E-state index is 14.4. The highest BCUT2D eigenvalue weighted by Crippen LogP contribution is 2.39. The summed E-state index contributed by atoms with van der Waals surface area (Å²) >= 11 is 0. The number of hydrogen-bond acceptors (Lipinski definition) is 5. The standard InChI is InChI=1S/C23H25F2N3O3/c1-13(26)31-19(27)15-10-8-14(9-11-15)17-7-5-6-16-12-28(20(29)18(16)17)21(22(2,3)30)23(4,24)25/h5-11,21,26-27,30H,12H2,1-4H3. The molecule has 0 aliphatic carbocycles. The molecule has 0 saturated heterocycles. The first kappa shape index (κ1) is 22.6. The van der Waals surface area contributed by atoms with Crippen LogP contribution in [0.5, 0.6) is 0 Å². The smallest absolute Gasteiger partial charge is 0.268 e. The normalized spacial score (nSPS) is 14.9. The Kier molecular flexibility index (Phi) is 5.71. The molecule has 8 heteroatoms. The largest absolute Gasteiger partial charge is 0.426 e. The molecule has 2 aromatic carbocycles. The van der Waals surface area contributed by atoms with E-state index in [0.717, 1.165) is 4.90 Å². The summed E-state index contributed by atoms with van der Waals surface area (Å²) in [5.74, 6) is -4.13. The van der Waals surface area contributed by atoms with Crippen LogP contribution in [0.25, 0.3) is 11.1 Å². The van der Waals surface area contributed by atoms with Crippen molar-refractivity contribution in [1.29, 1.82) is 10.8 Å². The average Bonchev–Trinajstić information content (AvgIpc) is 2.95. The predicted molar refractivity (Wildman–Crippen MR) is 114 cm³/mol. The summed E-state index contributed by atoms with van der Waals surface area (Å²) < 4.78 is 33.7. The molecule has 3 N–H and O–H groups in total. The van der Waals surface area contributed by atoms with E-state index in [1.54, 1.807) is 42.5 Å². The molecule has 1 unspecified atom stereocenters. The second kappa shape index (κ2) is 7.85. The zero-order valence-electron chi connectivity index (χ0n) is 17.8. The molecule has 164 valence electrons. The van der Waals surface area contributed by atoms with Crippen LogP contribution in [0.1, 0.15) is 49.2 Å². The van der Waals surface area contributed by atoms with Crippen molar-refractivity contribution in [2.75, 3.05) is 0 Å². The van der Waals surface area contributed by atoms with Gasteiger partial charge in [-0.15, -0.1) is 0 Å². The Labute approximate surface area is 179 Å². The van der Waals surface area contributed by atoms with Crippen LogP contribution in [0, 0.1) is 10.8 Å². The number of amides is 1. The average molecular weight is 429 g/mol. The van der Waals surface area contributed by atoms with Crippen LogP contribution in [0.4, 0.5) is 8.78 Å². The Morgan fingerprint density at radius 2 is 1.74 bits per heavy atom. The number of carbonyl (C=O) groups excluding carboxylic acids is 1. The van der Waals surface area contributed by atoms with Gasteiger partial charge in [0.15, 0.2) is 5.90 Å². The maximum atomic E-state index is 14.4. The summed E-state index contributed by atoms with van der Waals surface area (Å²) in [4.78, 5) is 14.3. The molecule has 0 radical (unpaired) electrons. The number of nitrogens with one attached hydrogen (secondary N) is 2. The third-order valence-electron chi connectivity index (χ3n) is 5.14. The van der Waals surface area contributed by atoms with Crippen LogP contribution in [-0.2, 0) is 11.3 Å². The molecule has 1 aliphatic heterocycles. The lowest BCUT2D eigenvalue weighted by Gasteiger charge is -2.40. The molecule has 2 aromatic rings. The fourth-order valence-corrected chi connectivity index (χ4v) is 4.12. The highest BCUT2D eigenvalue weighted by atomic mass is 19.3. The van der Waals surface area contributed by atoms with Gasteiger partial charge in [0, 0.05) is 26.0 Å². The molecule has 0 aromatic heterocycles. The lowest BCUT2D eigenvalue weighted by atomic mass is 9.92. The Hall–Kier alpha value is -3.13. The number of halogens is 2. The molecule has 0 fully saturated rings. The first-order chi connectivity index (χ1) is 14.3. The quantitative estimate of drug-likeness (QED) is 0.484. The minimum atomic E-state index is -3.30. The Bertz CT molecular complexity index is 1020. The van der Waals surface area contributed by atoms with E-state index in [9.17, 15) is 18.7 Å². The van der Waals surface area contributed by atoms with E-state index in [2.05, 4.69) is 0 Å². The summed E-state index contributed by atoms with van der Waals surface area (Å²) in [5, 5.41) is 25.6. The summed E-state index contributed by atoms with van der Waals surface area (Å²) in [6, 6.07) is 10.2. The minimum absolute atomic E-state index is 0.0186. The van der Waals surface area contributed by atoms with Gasteiger partial charge < -0.3 is 14.7 Å². The highest BCUT2D eigenvalue weighted by Gasteiger charge is 2.51. The van der Waals surface area contributed by atoms with Crippen molar-refractivity contribution in [2.24, 2.45) is 0 Å². The van der Waals surface area contributed by atoms with Gasteiger partial charge in [-0.05, 0) is 42.7 Å². The van der Waals surface area contributed by atoms with Crippen LogP contribution in [0.15, 0.2) is 42.5 Å². The van der Waals surface area contributed by atoms with E-state index in [1.165, 1.54) is 20.8 Å². The lowest BCUT2D eigenvalue weighted by Crippen LogP contribution is -2.58. The maximum Gasteiger partial charge on any atom is 0.268 e. The van der Waals surface area contributed by atoms with Gasteiger partial charge in [-0.3, -0.25) is 15.6 Å². The van der Waals surface area contributed by atoms with Gasteiger partial charge in [0.05, 0.1) is 11.2 Å². The number of aliphatic hydroxyl groups is 1. The summed E-state index contributed by atoms with van der Waals surface area (Å²) in [5.41, 5.74) is 0.865. The number of benzene rings is 2. The Morgan fingerprint density at radius 1 is 1.13 bits per heavy atom. The molecular weight excluding hydrogens is 404 g/mol. The van der Waals surface area contributed by atoms with Crippen molar-refractivity contribution in [3.05, 3.63) is 59.2 Å². The van der Waals surface area contributed by atoms with Gasteiger partial charge in [-0.2, -0.15) is 0 Å². The van der Waals surface area contributed by atoms with Gasteiger partial charge in [0.25, 0.3) is 11.8 Å². The van der Waals surface area contributed by atoms with Crippen LogP contribution in [0.3, 0.4) is 0 Å². The molecule has 0 bridgehead atoms. The zero-order valence-corrected chi connectivity index (χ0v) is 17.8. The van der Waals surface area contributed by atoms with Crippen molar-refractivity contribution in [1.82, 2.24) is 4.90 Å². The number of carbonyl (C=O) groups is 1. The summed E-state index contributed by atoms with van der Waals surface area (Å²) in [6.07, 6.45) is 0. The van der Waals surface area contributed by atoms with E-state index in [-0.39, 0.29) is 18.3 Å². The fraction of sp³-hybridized carbons (Fsp3) is 0.348. The molecular formula is C23H25F2N3O3. The van der Waals surface area contributed by atoms with Crippen molar-refractivity contribution in [2.45, 2.75) is 51.8 Å². The van der Waals surface area contributed by atoms with Gasteiger partial charge in [-0.25, -0.2) is 8.78 Å². The second-order valence-corrected chi connectivity index (χ2v) is 8.35. The van der Waals surface area contributed by atoms with Crippen LogP contribution in [0.2, 0.25) is 0 Å². The highest BCUT2D eigenvalue weighted by molar-refractivity contribution is 6.05. The Balaban J connectivity index is 1.98. The molecule has 0 saturated carbocycles. The zero-order chi connectivity index (χ0) is 23.1. The topological polar surface area (TPSA) is 97.5 Å². The number of rotatable bonds is 5. The van der Waals surface area contributed by atoms with Crippen LogP contribution >= 0.6 is 0 Å². The molecule has 1 aliphatic rings. The van der Waals surface area contributed by atoms with E-state index < -0.39 is 23.5 Å². The van der Waals surface area contributed by atoms with Gasteiger partial charge in [-0.1, -0.05) is 30.3 Å². The first-order valence-electron chi connectivity index (χ1n) is 9.76. The third kappa shape index (κ3) is 4.49. The van der Waals surface area contributed by atoms with Crippen molar-refractivity contribution >= 4 is 17.7 Å². The van der Waals surface area contributed by atoms with E-state index in [4.69, 9.17) is 15.6 Å². The molecule has 1 heterocycles. The second-order valence-electron chi connectivity index (χ2n) is 8.35. The first-order valence-corrected chi connectivity index (χ1v) is 9.76. The van der Waals surface area contributed by atoms with E-state index >= 15 is 0 Å². The van der Waals surface area contributed by atoms with Gasteiger partial charge >= 0.3 is 0 Å². The molecule has 1 amide bonds. The van der Waals surface area contributed by atoms with E-state index in [0.29, 0.717) is 34.7 Å². The monoisotopic (exact) mass is 429 g/mol. The molecule has 6 nitrogen and oxygen atoms in total. The van der Waals surface area contributed by atoms with Crippen LogP contribution in [-0.4, -0.2) is 45.3 Å². The number of hydrogen-bond donors (Lipinski definition) is 3. The van der Waals surface area contributed by atoms with Crippen molar-refractivity contribution < 1.29 is 23.4 Å². The molecule has 1 atom stereocenters. The predicted octanol–water partition coefficient (Wildman–Crippen LogP) is 4.44. The lowest BCUT2D eigenvalue weighted by molar-refractivity contribution is -0.133. The summed E-state index contributed by atoms with van der Waals surface area (Å²) in [6.45, 7) is 4.66. The number of alkyl halides is 2. The third-order valence-corrected chi connectivity index (χ3v) is 5.14.